The third kappa shape index (κ3) is 3.81. The fourth-order valence-corrected chi connectivity index (χ4v) is 1.70. The van der Waals surface area contributed by atoms with E-state index in [1.807, 2.05) is 37.3 Å². The van der Waals surface area contributed by atoms with E-state index in [-0.39, 0.29) is 0 Å². The maximum absolute atomic E-state index is 5.55. The highest BCUT2D eigenvalue weighted by atomic mass is 16.5. The summed E-state index contributed by atoms with van der Waals surface area (Å²) in [7, 11) is 0. The Morgan fingerprint density at radius 2 is 2.00 bits per heavy atom. The number of nitrogens with two attached hydrogens (primary N) is 1. The lowest BCUT2D eigenvalue weighted by Crippen LogP contribution is -2.06. The van der Waals surface area contributed by atoms with E-state index in [9.17, 15) is 0 Å². The monoisotopic (exact) mass is 261 g/mol. The van der Waals surface area contributed by atoms with Crippen LogP contribution in [0, 0.1) is 0 Å². The van der Waals surface area contributed by atoms with Gasteiger partial charge in [0.25, 0.3) is 0 Å². The molecule has 102 valence electrons. The van der Waals surface area contributed by atoms with E-state index in [0.29, 0.717) is 26.4 Å². The van der Waals surface area contributed by atoms with Crippen LogP contribution in [0.15, 0.2) is 30.3 Å². The Bertz CT molecular complexity index is 494. The molecule has 0 amide bonds. The van der Waals surface area contributed by atoms with Gasteiger partial charge >= 0.3 is 0 Å². The van der Waals surface area contributed by atoms with Gasteiger partial charge in [-0.05, 0) is 37.3 Å². The minimum absolute atomic E-state index is 0.464. The van der Waals surface area contributed by atoms with Crippen molar-refractivity contribution in [3.05, 3.63) is 36.0 Å². The molecule has 1 aromatic heterocycles. The highest BCUT2D eigenvalue weighted by molar-refractivity contribution is 5.60. The van der Waals surface area contributed by atoms with Crippen molar-refractivity contribution >= 4 is 0 Å². The van der Waals surface area contributed by atoms with Crippen LogP contribution in [0.1, 0.15) is 12.6 Å². The van der Waals surface area contributed by atoms with Gasteiger partial charge in [-0.15, -0.1) is 0 Å². The number of rotatable bonds is 7. The molecule has 0 radical (unpaired) electrons. The number of nitrogens with zero attached hydrogens (tertiary/aromatic N) is 1. The summed E-state index contributed by atoms with van der Waals surface area (Å²) < 4.78 is 10.8. The normalized spacial score (nSPS) is 10.6. The molecule has 5 heteroatoms. The minimum atomic E-state index is 0.464. The van der Waals surface area contributed by atoms with E-state index >= 15 is 0 Å². The van der Waals surface area contributed by atoms with Gasteiger partial charge in [-0.3, -0.25) is 5.10 Å². The summed E-state index contributed by atoms with van der Waals surface area (Å²) >= 11 is 0. The molecule has 2 rings (SSSR count). The number of hydrogen-bond acceptors (Lipinski definition) is 4. The van der Waals surface area contributed by atoms with E-state index in [1.165, 1.54) is 0 Å². The van der Waals surface area contributed by atoms with Crippen molar-refractivity contribution in [2.75, 3.05) is 19.8 Å². The second-order valence-corrected chi connectivity index (χ2v) is 4.05. The molecule has 0 saturated carbocycles. The lowest BCUT2D eigenvalue weighted by Gasteiger charge is -2.06. The molecule has 0 aliphatic heterocycles. The summed E-state index contributed by atoms with van der Waals surface area (Å²) in [4.78, 5) is 0. The van der Waals surface area contributed by atoms with Crippen molar-refractivity contribution in [1.29, 1.82) is 0 Å². The molecule has 0 fully saturated rings. The van der Waals surface area contributed by atoms with Crippen LogP contribution in [0.25, 0.3) is 11.3 Å². The number of aromatic amines is 1. The average molecular weight is 261 g/mol. The van der Waals surface area contributed by atoms with Gasteiger partial charge < -0.3 is 15.2 Å². The van der Waals surface area contributed by atoms with Crippen LogP contribution in [-0.2, 0) is 11.3 Å². The standard InChI is InChI=1S/C14H19N3O2/c1-2-18-7-8-19-13-5-3-11(4-6-13)14-9-12(10-15)16-17-14/h3-6,9H,2,7-8,10,15H2,1H3,(H,16,17). The molecule has 1 aromatic carbocycles. The Balaban J connectivity index is 1.94. The van der Waals surface area contributed by atoms with Gasteiger partial charge in [-0.25, -0.2) is 0 Å². The Labute approximate surface area is 112 Å². The predicted molar refractivity (Wildman–Crippen MR) is 73.9 cm³/mol. The van der Waals surface area contributed by atoms with Crippen LogP contribution in [0.4, 0.5) is 0 Å². The van der Waals surface area contributed by atoms with E-state index in [2.05, 4.69) is 10.2 Å². The highest BCUT2D eigenvalue weighted by Gasteiger charge is 2.03. The average Bonchev–Trinajstić information content (AvgIpc) is 2.93. The molecule has 0 spiro atoms. The van der Waals surface area contributed by atoms with Crippen LogP contribution >= 0.6 is 0 Å². The fourth-order valence-electron chi connectivity index (χ4n) is 1.70. The van der Waals surface area contributed by atoms with Gasteiger partial charge in [0.05, 0.1) is 12.3 Å². The Morgan fingerprint density at radius 1 is 1.21 bits per heavy atom. The zero-order valence-electron chi connectivity index (χ0n) is 11.1. The Hall–Kier alpha value is -1.85. The van der Waals surface area contributed by atoms with Crippen LogP contribution in [-0.4, -0.2) is 30.0 Å². The topological polar surface area (TPSA) is 73.2 Å². The lowest BCUT2D eigenvalue weighted by molar-refractivity contribution is 0.110. The van der Waals surface area contributed by atoms with E-state index < -0.39 is 0 Å². The van der Waals surface area contributed by atoms with Crippen LogP contribution < -0.4 is 10.5 Å². The summed E-state index contributed by atoms with van der Waals surface area (Å²) in [6.45, 7) is 4.31. The van der Waals surface area contributed by atoms with Crippen LogP contribution in [0.2, 0.25) is 0 Å². The van der Waals surface area contributed by atoms with Gasteiger partial charge in [-0.1, -0.05) is 0 Å². The molecule has 0 unspecified atom stereocenters. The first-order chi connectivity index (χ1) is 9.33. The van der Waals surface area contributed by atoms with Crippen molar-refractivity contribution < 1.29 is 9.47 Å². The third-order valence-electron chi connectivity index (χ3n) is 2.70. The van der Waals surface area contributed by atoms with Crippen molar-refractivity contribution in [3.63, 3.8) is 0 Å². The molecule has 0 atom stereocenters. The predicted octanol–water partition coefficient (Wildman–Crippen LogP) is 1.95. The molecule has 3 N–H and O–H groups in total. The third-order valence-corrected chi connectivity index (χ3v) is 2.70. The minimum Gasteiger partial charge on any atom is -0.491 e. The second-order valence-electron chi connectivity index (χ2n) is 4.05. The summed E-state index contributed by atoms with van der Waals surface area (Å²) in [5.74, 6) is 0.832. The molecular weight excluding hydrogens is 242 g/mol. The first kappa shape index (κ1) is 13.6. The number of nitrogens with one attached hydrogen (secondary N) is 1. The van der Waals surface area contributed by atoms with Crippen molar-refractivity contribution in [3.8, 4) is 17.0 Å². The Kier molecular flexibility index (Phi) is 4.94. The van der Waals surface area contributed by atoms with Crippen LogP contribution in [0.5, 0.6) is 5.75 Å². The maximum Gasteiger partial charge on any atom is 0.119 e. The number of benzene rings is 1. The van der Waals surface area contributed by atoms with E-state index in [1.54, 1.807) is 0 Å². The van der Waals surface area contributed by atoms with Crippen molar-refractivity contribution in [1.82, 2.24) is 10.2 Å². The second kappa shape index (κ2) is 6.92. The molecule has 19 heavy (non-hydrogen) atoms. The van der Waals surface area contributed by atoms with Gasteiger partial charge in [-0.2, -0.15) is 5.10 Å². The molecule has 1 heterocycles. The van der Waals surface area contributed by atoms with Crippen molar-refractivity contribution in [2.24, 2.45) is 5.73 Å². The van der Waals surface area contributed by atoms with Gasteiger partial charge in [0.15, 0.2) is 0 Å². The van der Waals surface area contributed by atoms with E-state index in [4.69, 9.17) is 15.2 Å². The number of hydrogen-bond donors (Lipinski definition) is 2. The molecule has 0 aliphatic rings. The fraction of sp³-hybridized carbons (Fsp3) is 0.357. The maximum atomic E-state index is 5.55. The molecule has 2 aromatic rings. The lowest BCUT2D eigenvalue weighted by atomic mass is 10.1. The molecule has 0 bridgehead atoms. The molecule has 0 saturated heterocycles. The zero-order valence-corrected chi connectivity index (χ0v) is 11.1. The first-order valence-electron chi connectivity index (χ1n) is 6.38. The molecule has 5 nitrogen and oxygen atoms in total. The number of H-pyrrole nitrogens is 1. The first-order valence-corrected chi connectivity index (χ1v) is 6.38. The largest absolute Gasteiger partial charge is 0.491 e. The quantitative estimate of drug-likeness (QED) is 0.747. The van der Waals surface area contributed by atoms with Crippen LogP contribution in [0.3, 0.4) is 0 Å². The Morgan fingerprint density at radius 3 is 2.63 bits per heavy atom. The highest BCUT2D eigenvalue weighted by Crippen LogP contribution is 2.21. The summed E-state index contributed by atoms with van der Waals surface area (Å²) in [6.07, 6.45) is 0. The van der Waals surface area contributed by atoms with Gasteiger partial charge in [0.2, 0.25) is 0 Å². The number of aromatic nitrogens is 2. The number of ether oxygens (including phenoxy) is 2. The SMILES string of the molecule is CCOCCOc1ccc(-c2cc(CN)[nH]n2)cc1. The smallest absolute Gasteiger partial charge is 0.119 e. The zero-order chi connectivity index (χ0) is 13.5. The summed E-state index contributed by atoms with van der Waals surface area (Å²) in [5.41, 5.74) is 8.39. The van der Waals surface area contributed by atoms with Gasteiger partial charge in [0.1, 0.15) is 12.4 Å². The van der Waals surface area contributed by atoms with E-state index in [0.717, 1.165) is 22.7 Å². The van der Waals surface area contributed by atoms with Gasteiger partial charge in [0, 0.05) is 24.4 Å². The summed E-state index contributed by atoms with van der Waals surface area (Å²) in [5, 5.41) is 7.10. The molecular formula is C14H19N3O2. The van der Waals surface area contributed by atoms with Crippen molar-refractivity contribution in [2.45, 2.75) is 13.5 Å². The summed E-state index contributed by atoms with van der Waals surface area (Å²) in [6, 6.07) is 9.76. The molecule has 0 aliphatic carbocycles.